The average Bonchev–Trinajstić information content (AvgIpc) is 2.59. The second kappa shape index (κ2) is 7.80. The first-order valence-corrected chi connectivity index (χ1v) is 5.79. The predicted molar refractivity (Wildman–Crippen MR) is 60.0 cm³/mol. The second-order valence-corrected chi connectivity index (χ2v) is 3.37. The van der Waals surface area contributed by atoms with Crippen LogP contribution in [0.25, 0.3) is 0 Å². The van der Waals surface area contributed by atoms with E-state index in [1.807, 2.05) is 18.7 Å². The summed E-state index contributed by atoms with van der Waals surface area (Å²) in [7, 11) is 0. The van der Waals surface area contributed by atoms with Gasteiger partial charge in [0, 0.05) is 25.6 Å². The van der Waals surface area contributed by atoms with Gasteiger partial charge < -0.3 is 10.6 Å². The molecule has 1 aliphatic heterocycles. The molecule has 1 heterocycles. The van der Waals surface area contributed by atoms with Crippen molar-refractivity contribution in [3.8, 4) is 0 Å². The Morgan fingerprint density at radius 2 is 2.14 bits per heavy atom. The first-order valence-electron chi connectivity index (χ1n) is 5.79. The van der Waals surface area contributed by atoms with Crippen molar-refractivity contribution in [1.29, 1.82) is 0 Å². The second-order valence-electron chi connectivity index (χ2n) is 3.37. The summed E-state index contributed by atoms with van der Waals surface area (Å²) in [6.45, 7) is 7.66. The van der Waals surface area contributed by atoms with E-state index in [2.05, 4.69) is 6.92 Å². The first kappa shape index (κ1) is 13.4. The summed E-state index contributed by atoms with van der Waals surface area (Å²) in [5.41, 5.74) is 5.56. The molecule has 84 valence electrons. The maximum Gasteiger partial charge on any atom is 0.222 e. The molecule has 0 bridgehead atoms. The summed E-state index contributed by atoms with van der Waals surface area (Å²) in [6.07, 6.45) is 3.90. The van der Waals surface area contributed by atoms with Crippen LogP contribution in [0.15, 0.2) is 0 Å². The molecule has 0 aromatic heterocycles. The molecule has 1 aliphatic rings. The Morgan fingerprint density at radius 1 is 1.50 bits per heavy atom. The van der Waals surface area contributed by atoms with Crippen molar-refractivity contribution in [1.82, 2.24) is 4.90 Å². The van der Waals surface area contributed by atoms with Gasteiger partial charge in [0.25, 0.3) is 0 Å². The van der Waals surface area contributed by atoms with Crippen LogP contribution in [0.1, 0.15) is 46.5 Å². The van der Waals surface area contributed by atoms with Crippen molar-refractivity contribution < 1.29 is 4.79 Å². The number of hydrogen-bond acceptors (Lipinski definition) is 2. The van der Waals surface area contributed by atoms with Gasteiger partial charge in [-0.1, -0.05) is 27.2 Å². The Kier molecular flexibility index (Phi) is 7.48. The van der Waals surface area contributed by atoms with E-state index >= 15 is 0 Å². The molecular formula is C11H24N2O. The lowest BCUT2D eigenvalue weighted by Crippen LogP contribution is -2.38. The number of hydrogen-bond donors (Lipinski definition) is 1. The third-order valence-corrected chi connectivity index (χ3v) is 2.48. The van der Waals surface area contributed by atoms with Crippen LogP contribution in [0.2, 0.25) is 0 Å². The minimum atomic E-state index is 0.291. The van der Waals surface area contributed by atoms with Gasteiger partial charge in [0.05, 0.1) is 0 Å². The maximum atomic E-state index is 11.3. The number of amides is 1. The number of likely N-dealkylation sites (tertiary alicyclic amines) is 1. The fourth-order valence-electron chi connectivity index (χ4n) is 1.67. The van der Waals surface area contributed by atoms with Crippen LogP contribution in [-0.2, 0) is 4.79 Å². The van der Waals surface area contributed by atoms with Crippen LogP contribution < -0.4 is 5.73 Å². The van der Waals surface area contributed by atoms with Crippen LogP contribution >= 0.6 is 0 Å². The van der Waals surface area contributed by atoms with Gasteiger partial charge in [-0.2, -0.15) is 0 Å². The van der Waals surface area contributed by atoms with Crippen LogP contribution in [0, 0.1) is 0 Å². The van der Waals surface area contributed by atoms with Gasteiger partial charge >= 0.3 is 0 Å². The highest BCUT2D eigenvalue weighted by Crippen LogP contribution is 2.17. The van der Waals surface area contributed by atoms with Gasteiger partial charge in [-0.15, -0.1) is 0 Å². The summed E-state index contributed by atoms with van der Waals surface area (Å²) < 4.78 is 0. The van der Waals surface area contributed by atoms with Gasteiger partial charge in [-0.25, -0.2) is 0 Å². The van der Waals surface area contributed by atoms with Crippen LogP contribution in [0.5, 0.6) is 0 Å². The van der Waals surface area contributed by atoms with Crippen LogP contribution in [0.4, 0.5) is 0 Å². The molecule has 3 nitrogen and oxygen atoms in total. The molecule has 0 aliphatic carbocycles. The minimum absolute atomic E-state index is 0.291. The van der Waals surface area contributed by atoms with E-state index in [0.717, 1.165) is 25.8 Å². The zero-order valence-electron chi connectivity index (χ0n) is 9.75. The number of nitrogens with two attached hydrogens (primary N) is 1. The summed E-state index contributed by atoms with van der Waals surface area (Å²) in [4.78, 5) is 13.3. The van der Waals surface area contributed by atoms with Gasteiger partial charge in [0.2, 0.25) is 5.91 Å². The quantitative estimate of drug-likeness (QED) is 0.751. The number of carbonyl (C=O) groups excluding carboxylic acids is 1. The fourth-order valence-corrected chi connectivity index (χ4v) is 1.67. The molecule has 1 atom stereocenters. The SMILES string of the molecule is CC.CCCCN1C(=O)CC[C@@H]1CN. The highest BCUT2D eigenvalue weighted by atomic mass is 16.2. The standard InChI is InChI=1S/C9H18N2O.C2H6/c1-2-3-6-11-8(7-10)4-5-9(11)12;1-2/h8H,2-7,10H2,1H3;1-2H3/t8-;/m1./s1. The molecule has 0 saturated carbocycles. The van der Waals surface area contributed by atoms with Crippen molar-refractivity contribution in [2.45, 2.75) is 52.5 Å². The molecule has 0 aromatic rings. The molecule has 2 N–H and O–H groups in total. The zero-order chi connectivity index (χ0) is 11.0. The van der Waals surface area contributed by atoms with Crippen molar-refractivity contribution in [3.63, 3.8) is 0 Å². The van der Waals surface area contributed by atoms with E-state index in [1.165, 1.54) is 0 Å². The Hall–Kier alpha value is -0.570. The third-order valence-electron chi connectivity index (χ3n) is 2.48. The van der Waals surface area contributed by atoms with Crippen molar-refractivity contribution >= 4 is 5.91 Å². The summed E-state index contributed by atoms with van der Waals surface area (Å²) in [6, 6.07) is 0.323. The Labute approximate surface area is 87.6 Å². The molecule has 0 spiro atoms. The van der Waals surface area contributed by atoms with E-state index in [-0.39, 0.29) is 0 Å². The molecule has 3 heteroatoms. The molecule has 1 amide bonds. The molecular weight excluding hydrogens is 176 g/mol. The number of carbonyl (C=O) groups is 1. The molecule has 0 unspecified atom stereocenters. The number of unbranched alkanes of at least 4 members (excludes halogenated alkanes) is 1. The lowest BCUT2D eigenvalue weighted by atomic mass is 10.2. The lowest BCUT2D eigenvalue weighted by molar-refractivity contribution is -0.128. The average molecular weight is 200 g/mol. The smallest absolute Gasteiger partial charge is 0.222 e. The molecule has 1 rings (SSSR count). The topological polar surface area (TPSA) is 46.3 Å². The lowest BCUT2D eigenvalue weighted by Gasteiger charge is -2.23. The highest BCUT2D eigenvalue weighted by molar-refractivity contribution is 5.78. The van der Waals surface area contributed by atoms with Crippen molar-refractivity contribution in [2.24, 2.45) is 5.73 Å². The van der Waals surface area contributed by atoms with Crippen LogP contribution in [-0.4, -0.2) is 29.9 Å². The maximum absolute atomic E-state index is 11.3. The van der Waals surface area contributed by atoms with E-state index in [9.17, 15) is 4.79 Å². The Morgan fingerprint density at radius 3 is 2.64 bits per heavy atom. The van der Waals surface area contributed by atoms with Crippen molar-refractivity contribution in [3.05, 3.63) is 0 Å². The Balaban J connectivity index is 0.000000791. The van der Waals surface area contributed by atoms with E-state index in [1.54, 1.807) is 0 Å². The van der Waals surface area contributed by atoms with Crippen molar-refractivity contribution in [2.75, 3.05) is 13.1 Å². The zero-order valence-corrected chi connectivity index (χ0v) is 9.75. The van der Waals surface area contributed by atoms with E-state index in [4.69, 9.17) is 5.73 Å². The first-order chi connectivity index (χ1) is 6.79. The van der Waals surface area contributed by atoms with E-state index in [0.29, 0.717) is 24.9 Å². The summed E-state index contributed by atoms with van der Waals surface area (Å²) >= 11 is 0. The monoisotopic (exact) mass is 200 g/mol. The largest absolute Gasteiger partial charge is 0.338 e. The highest BCUT2D eigenvalue weighted by Gasteiger charge is 2.28. The number of rotatable bonds is 4. The van der Waals surface area contributed by atoms with Crippen LogP contribution in [0.3, 0.4) is 0 Å². The predicted octanol–water partition coefficient (Wildman–Crippen LogP) is 1.76. The Bertz CT molecular complexity index is 159. The molecule has 0 aromatic carbocycles. The summed E-state index contributed by atoms with van der Waals surface area (Å²) in [5.74, 6) is 0.291. The van der Waals surface area contributed by atoms with Gasteiger partial charge in [-0.05, 0) is 12.8 Å². The molecule has 1 saturated heterocycles. The normalized spacial score (nSPS) is 20.7. The molecule has 14 heavy (non-hydrogen) atoms. The number of nitrogens with zero attached hydrogens (tertiary/aromatic N) is 1. The van der Waals surface area contributed by atoms with Gasteiger partial charge in [-0.3, -0.25) is 4.79 Å². The molecule has 1 fully saturated rings. The fraction of sp³-hybridized carbons (Fsp3) is 0.909. The third kappa shape index (κ3) is 3.66. The van der Waals surface area contributed by atoms with E-state index < -0.39 is 0 Å². The minimum Gasteiger partial charge on any atom is -0.338 e. The summed E-state index contributed by atoms with van der Waals surface area (Å²) in [5, 5.41) is 0. The van der Waals surface area contributed by atoms with Gasteiger partial charge in [0.1, 0.15) is 0 Å². The van der Waals surface area contributed by atoms with Gasteiger partial charge in [0.15, 0.2) is 0 Å². The molecule has 0 radical (unpaired) electrons.